The van der Waals surface area contributed by atoms with E-state index in [9.17, 15) is 9.59 Å². The van der Waals surface area contributed by atoms with Gasteiger partial charge in [-0.1, -0.05) is 29.8 Å². The van der Waals surface area contributed by atoms with Crippen molar-refractivity contribution in [1.29, 1.82) is 0 Å². The number of nitrogens with zero attached hydrogens (tertiary/aromatic N) is 1. The molecular formula is C17H24ClN3O2. The van der Waals surface area contributed by atoms with Crippen molar-refractivity contribution in [3.05, 3.63) is 34.9 Å². The smallest absolute Gasteiger partial charge is 0.237 e. The number of hydrogen-bond acceptors (Lipinski definition) is 3. The van der Waals surface area contributed by atoms with Gasteiger partial charge in [-0.05, 0) is 44.5 Å². The van der Waals surface area contributed by atoms with Crippen molar-refractivity contribution in [1.82, 2.24) is 15.5 Å². The van der Waals surface area contributed by atoms with Crippen LogP contribution in [0.1, 0.15) is 25.3 Å². The first-order valence-electron chi connectivity index (χ1n) is 7.99. The zero-order valence-corrected chi connectivity index (χ0v) is 14.4. The van der Waals surface area contributed by atoms with Crippen molar-refractivity contribution < 1.29 is 9.59 Å². The molecule has 1 heterocycles. The van der Waals surface area contributed by atoms with Crippen LogP contribution in [0.25, 0.3) is 0 Å². The summed E-state index contributed by atoms with van der Waals surface area (Å²) in [7, 11) is 1.67. The third-order valence-electron chi connectivity index (χ3n) is 4.48. The molecule has 1 aliphatic rings. The predicted molar refractivity (Wildman–Crippen MR) is 91.1 cm³/mol. The van der Waals surface area contributed by atoms with Crippen LogP contribution < -0.4 is 10.6 Å². The number of nitrogens with one attached hydrogen (secondary N) is 2. The summed E-state index contributed by atoms with van der Waals surface area (Å²) >= 11 is 6.10. The summed E-state index contributed by atoms with van der Waals surface area (Å²) in [4.78, 5) is 26.1. The lowest BCUT2D eigenvalue weighted by molar-refractivity contribution is -0.128. The first-order valence-corrected chi connectivity index (χ1v) is 8.37. The van der Waals surface area contributed by atoms with Crippen LogP contribution in [-0.2, 0) is 16.1 Å². The van der Waals surface area contributed by atoms with Crippen LogP contribution in [0, 0.1) is 5.92 Å². The summed E-state index contributed by atoms with van der Waals surface area (Å²) < 4.78 is 0. The molecule has 1 saturated heterocycles. The number of benzene rings is 1. The van der Waals surface area contributed by atoms with Crippen LogP contribution >= 0.6 is 11.6 Å². The van der Waals surface area contributed by atoms with Gasteiger partial charge < -0.3 is 10.6 Å². The van der Waals surface area contributed by atoms with Crippen molar-refractivity contribution in [2.45, 2.75) is 32.4 Å². The molecule has 23 heavy (non-hydrogen) atoms. The molecule has 0 bridgehead atoms. The summed E-state index contributed by atoms with van der Waals surface area (Å²) in [6.07, 6.45) is 1.59. The van der Waals surface area contributed by atoms with E-state index in [4.69, 9.17) is 11.6 Å². The van der Waals surface area contributed by atoms with Gasteiger partial charge in [0.1, 0.15) is 0 Å². The first kappa shape index (κ1) is 17.8. The molecule has 0 radical (unpaired) electrons. The Hall–Kier alpha value is -1.59. The van der Waals surface area contributed by atoms with Gasteiger partial charge >= 0.3 is 0 Å². The fourth-order valence-electron chi connectivity index (χ4n) is 2.89. The number of carbonyl (C=O) groups is 2. The Morgan fingerprint density at radius 1 is 1.30 bits per heavy atom. The molecular weight excluding hydrogens is 314 g/mol. The lowest BCUT2D eigenvalue weighted by atomic mass is 9.95. The maximum Gasteiger partial charge on any atom is 0.237 e. The molecule has 1 aromatic carbocycles. The zero-order valence-electron chi connectivity index (χ0n) is 13.6. The summed E-state index contributed by atoms with van der Waals surface area (Å²) in [5.74, 6) is 0.151. The van der Waals surface area contributed by atoms with Crippen molar-refractivity contribution >= 4 is 23.4 Å². The predicted octanol–water partition coefficient (Wildman–Crippen LogP) is 1.80. The molecule has 2 rings (SSSR count). The van der Waals surface area contributed by atoms with Crippen LogP contribution in [0.2, 0.25) is 5.02 Å². The highest BCUT2D eigenvalue weighted by molar-refractivity contribution is 6.31. The molecule has 1 fully saturated rings. The number of piperidine rings is 1. The number of amides is 2. The van der Waals surface area contributed by atoms with Gasteiger partial charge in [-0.2, -0.15) is 0 Å². The average molecular weight is 338 g/mol. The van der Waals surface area contributed by atoms with E-state index in [1.54, 1.807) is 7.05 Å². The topological polar surface area (TPSA) is 61.4 Å². The van der Waals surface area contributed by atoms with Gasteiger partial charge in [0.2, 0.25) is 11.8 Å². The molecule has 0 aromatic heterocycles. The van der Waals surface area contributed by atoms with Gasteiger partial charge in [0.15, 0.2) is 0 Å². The van der Waals surface area contributed by atoms with E-state index in [0.29, 0.717) is 11.6 Å². The van der Waals surface area contributed by atoms with E-state index in [1.807, 2.05) is 31.2 Å². The molecule has 2 amide bonds. The molecule has 0 aliphatic carbocycles. The highest BCUT2D eigenvalue weighted by Gasteiger charge is 2.29. The van der Waals surface area contributed by atoms with Crippen molar-refractivity contribution in [3.8, 4) is 0 Å². The van der Waals surface area contributed by atoms with Gasteiger partial charge in [0.05, 0.1) is 6.04 Å². The SMILES string of the molecule is CNC(=O)C1CCN([C@@H](C)C(=O)NCc2ccccc2Cl)CC1. The Bertz CT molecular complexity index is 557. The van der Waals surface area contributed by atoms with E-state index < -0.39 is 0 Å². The third-order valence-corrected chi connectivity index (χ3v) is 4.85. The van der Waals surface area contributed by atoms with Crippen molar-refractivity contribution in [2.24, 2.45) is 5.92 Å². The van der Waals surface area contributed by atoms with Crippen molar-refractivity contribution in [3.63, 3.8) is 0 Å². The Morgan fingerprint density at radius 3 is 2.57 bits per heavy atom. The Morgan fingerprint density at radius 2 is 1.96 bits per heavy atom. The molecule has 0 saturated carbocycles. The minimum absolute atomic E-state index is 0.0108. The Kier molecular flexibility index (Phi) is 6.42. The normalized spacial score (nSPS) is 17.5. The number of likely N-dealkylation sites (tertiary alicyclic amines) is 1. The first-order chi connectivity index (χ1) is 11.0. The van der Waals surface area contributed by atoms with Gasteiger partial charge in [0, 0.05) is 24.5 Å². The summed E-state index contributed by atoms with van der Waals surface area (Å²) in [6.45, 7) is 3.86. The zero-order chi connectivity index (χ0) is 16.8. The number of carbonyl (C=O) groups excluding carboxylic acids is 2. The van der Waals surface area contributed by atoms with Crippen LogP contribution in [0.4, 0.5) is 0 Å². The second-order valence-electron chi connectivity index (χ2n) is 5.91. The minimum atomic E-state index is -0.205. The summed E-state index contributed by atoms with van der Waals surface area (Å²) in [5.41, 5.74) is 0.910. The molecule has 0 spiro atoms. The average Bonchev–Trinajstić information content (AvgIpc) is 2.59. The minimum Gasteiger partial charge on any atom is -0.359 e. The molecule has 6 heteroatoms. The maximum absolute atomic E-state index is 12.3. The quantitative estimate of drug-likeness (QED) is 0.861. The van der Waals surface area contributed by atoms with Gasteiger partial charge in [-0.15, -0.1) is 0 Å². The second kappa shape index (κ2) is 8.31. The highest BCUT2D eigenvalue weighted by Crippen LogP contribution is 2.19. The van der Waals surface area contributed by atoms with E-state index >= 15 is 0 Å². The van der Waals surface area contributed by atoms with Crippen LogP contribution in [-0.4, -0.2) is 42.9 Å². The number of hydrogen-bond donors (Lipinski definition) is 2. The van der Waals surface area contributed by atoms with E-state index in [-0.39, 0.29) is 23.8 Å². The monoisotopic (exact) mass is 337 g/mol. The molecule has 5 nitrogen and oxygen atoms in total. The van der Waals surface area contributed by atoms with Crippen molar-refractivity contribution in [2.75, 3.05) is 20.1 Å². The summed E-state index contributed by atoms with van der Waals surface area (Å²) in [5, 5.41) is 6.29. The van der Waals surface area contributed by atoms with Gasteiger partial charge in [-0.25, -0.2) is 0 Å². The second-order valence-corrected chi connectivity index (χ2v) is 6.32. The molecule has 1 atom stereocenters. The van der Waals surface area contributed by atoms with Crippen LogP contribution in [0.15, 0.2) is 24.3 Å². The fourth-order valence-corrected chi connectivity index (χ4v) is 3.09. The lowest BCUT2D eigenvalue weighted by Crippen LogP contribution is -2.49. The van der Waals surface area contributed by atoms with E-state index in [2.05, 4.69) is 15.5 Å². The van der Waals surface area contributed by atoms with E-state index in [0.717, 1.165) is 31.5 Å². The Balaban J connectivity index is 1.81. The number of rotatable bonds is 5. The lowest BCUT2D eigenvalue weighted by Gasteiger charge is -2.34. The molecule has 126 valence electrons. The Labute approximate surface area is 142 Å². The van der Waals surface area contributed by atoms with Gasteiger partial charge in [0.25, 0.3) is 0 Å². The molecule has 1 aliphatic heterocycles. The van der Waals surface area contributed by atoms with Crippen LogP contribution in [0.3, 0.4) is 0 Å². The molecule has 1 aromatic rings. The summed E-state index contributed by atoms with van der Waals surface area (Å²) in [6, 6.07) is 7.29. The largest absolute Gasteiger partial charge is 0.359 e. The third kappa shape index (κ3) is 4.69. The molecule has 2 N–H and O–H groups in total. The van der Waals surface area contributed by atoms with Crippen LogP contribution in [0.5, 0.6) is 0 Å². The highest BCUT2D eigenvalue weighted by atomic mass is 35.5. The number of halogens is 1. The molecule has 0 unspecified atom stereocenters. The van der Waals surface area contributed by atoms with E-state index in [1.165, 1.54) is 0 Å². The fraction of sp³-hybridized carbons (Fsp3) is 0.529. The van der Waals surface area contributed by atoms with Gasteiger partial charge in [-0.3, -0.25) is 14.5 Å². The maximum atomic E-state index is 12.3. The standard InChI is InChI=1S/C17H24ClN3O2/c1-12(21-9-7-13(8-10-21)17(23)19-2)16(22)20-11-14-5-3-4-6-15(14)18/h3-6,12-13H,7-11H2,1-2H3,(H,19,23)(H,20,22)/t12-/m0/s1.